The molecule has 10 heteroatoms. The summed E-state index contributed by atoms with van der Waals surface area (Å²) < 4.78 is 19.4. The summed E-state index contributed by atoms with van der Waals surface area (Å²) in [6, 6.07) is 8.69. The van der Waals surface area contributed by atoms with E-state index in [-0.39, 0.29) is 24.2 Å². The van der Waals surface area contributed by atoms with Crippen molar-refractivity contribution in [2.45, 2.75) is 70.2 Å². The van der Waals surface area contributed by atoms with E-state index >= 15 is 0 Å². The first-order valence-corrected chi connectivity index (χ1v) is 14.1. The van der Waals surface area contributed by atoms with Gasteiger partial charge in [-0.3, -0.25) is 4.68 Å². The van der Waals surface area contributed by atoms with Gasteiger partial charge in [-0.2, -0.15) is 9.47 Å². The van der Waals surface area contributed by atoms with Crippen LogP contribution in [0.3, 0.4) is 0 Å². The molecule has 0 saturated carbocycles. The summed E-state index contributed by atoms with van der Waals surface area (Å²) in [5.74, 6) is 1.09. The molecule has 1 aromatic carbocycles. The number of nitrogens with two attached hydrogens (primary N) is 1. The second-order valence-corrected chi connectivity index (χ2v) is 12.4. The van der Waals surface area contributed by atoms with Crippen molar-refractivity contribution in [2.75, 3.05) is 5.73 Å². The van der Waals surface area contributed by atoms with Crippen LogP contribution in [0.2, 0.25) is 0 Å². The molecule has 3 atom stereocenters. The molecule has 0 radical (unpaired) electrons. The molecule has 5 aromatic rings. The Labute approximate surface area is 229 Å². The van der Waals surface area contributed by atoms with E-state index < -0.39 is 5.60 Å². The summed E-state index contributed by atoms with van der Waals surface area (Å²) in [6.45, 7) is 5.74. The summed E-state index contributed by atoms with van der Waals surface area (Å²) >= 11 is 1.45. The minimum Gasteiger partial charge on any atom is -0.452 e. The Morgan fingerprint density at radius 1 is 1.10 bits per heavy atom. The lowest BCUT2D eigenvalue weighted by Crippen LogP contribution is -2.48. The number of carbonyl (C=O) groups is 1. The molecule has 6 heterocycles. The fourth-order valence-electron chi connectivity index (χ4n) is 6.15. The summed E-state index contributed by atoms with van der Waals surface area (Å²) in [7, 11) is 0. The topological polar surface area (TPSA) is 112 Å². The van der Waals surface area contributed by atoms with Crippen molar-refractivity contribution in [3.05, 3.63) is 49.1 Å². The van der Waals surface area contributed by atoms with E-state index in [4.69, 9.17) is 20.0 Å². The quantitative estimate of drug-likeness (QED) is 0.271. The lowest BCUT2D eigenvalue weighted by molar-refractivity contribution is 0.00232. The van der Waals surface area contributed by atoms with Gasteiger partial charge in [0.1, 0.15) is 11.4 Å². The number of furan rings is 1. The predicted octanol–water partition coefficient (Wildman–Crippen LogP) is 6.65. The maximum absolute atomic E-state index is 12.9. The van der Waals surface area contributed by atoms with Gasteiger partial charge >= 0.3 is 6.09 Å². The first-order valence-electron chi connectivity index (χ1n) is 13.3. The molecule has 1 amide bonds. The number of fused-ring (bicyclic) bond motifs is 4. The average Bonchev–Trinajstić information content (AvgIpc) is 3.68. The van der Waals surface area contributed by atoms with E-state index in [1.165, 1.54) is 11.5 Å². The van der Waals surface area contributed by atoms with Crippen LogP contribution in [0.1, 0.15) is 52.5 Å². The molecular formula is C29H30N6O3S. The zero-order chi connectivity index (χ0) is 26.9. The van der Waals surface area contributed by atoms with E-state index in [1.54, 1.807) is 6.20 Å². The van der Waals surface area contributed by atoms with Crippen LogP contribution in [-0.4, -0.2) is 47.8 Å². The van der Waals surface area contributed by atoms with E-state index in [2.05, 4.69) is 15.6 Å². The second kappa shape index (κ2) is 8.81. The first kappa shape index (κ1) is 24.1. The average molecular weight is 543 g/mol. The van der Waals surface area contributed by atoms with E-state index in [0.29, 0.717) is 11.4 Å². The third-order valence-corrected chi connectivity index (χ3v) is 8.68. The van der Waals surface area contributed by atoms with E-state index in [0.717, 1.165) is 63.6 Å². The Balaban J connectivity index is 1.18. The van der Waals surface area contributed by atoms with Crippen molar-refractivity contribution < 1.29 is 13.9 Å². The Hall–Kier alpha value is -3.92. The van der Waals surface area contributed by atoms with Crippen LogP contribution in [0.5, 0.6) is 0 Å². The van der Waals surface area contributed by atoms with Crippen molar-refractivity contribution >= 4 is 44.5 Å². The van der Waals surface area contributed by atoms with Crippen LogP contribution in [0, 0.1) is 0 Å². The molecule has 9 nitrogen and oxygen atoms in total. The van der Waals surface area contributed by atoms with Gasteiger partial charge in [0, 0.05) is 58.1 Å². The number of carbonyl (C=O) groups excluding carboxylic acids is 1. The standard InChI is InChI=1S/C29H30N6O3S/c1-29(2,3)38-28(36)35-18-7-8-19(35)10-20(9-18)34-15-17(12-32-34)23-14-31-27(30)25-22(23)11-24(37-25)21-6-4-5-16-13-33-39-26(16)21/h4-6,11-15,18-20H,7-10H2,1-3H3,(H2,30,31)/t18-,19?,20?/m1/s1. The zero-order valence-corrected chi connectivity index (χ0v) is 22.9. The third-order valence-electron chi connectivity index (χ3n) is 7.83. The van der Waals surface area contributed by atoms with E-state index in [1.807, 2.05) is 67.0 Å². The molecule has 4 aromatic heterocycles. The molecule has 2 saturated heterocycles. The lowest BCUT2D eigenvalue weighted by atomic mass is 9.98. The van der Waals surface area contributed by atoms with Crippen LogP contribution in [0.4, 0.5) is 10.6 Å². The number of pyridine rings is 1. The lowest BCUT2D eigenvalue weighted by Gasteiger charge is -2.39. The largest absolute Gasteiger partial charge is 0.452 e. The number of rotatable bonds is 3. The molecule has 200 valence electrons. The van der Waals surface area contributed by atoms with E-state index in [9.17, 15) is 4.79 Å². The minimum absolute atomic E-state index is 0.173. The number of nitrogen functional groups attached to an aromatic ring is 1. The fourth-order valence-corrected chi connectivity index (χ4v) is 6.91. The number of benzene rings is 1. The van der Waals surface area contributed by atoms with Gasteiger partial charge in [-0.25, -0.2) is 9.78 Å². The van der Waals surface area contributed by atoms with Crippen LogP contribution >= 0.6 is 11.5 Å². The van der Waals surface area contributed by atoms with Crippen molar-refractivity contribution in [1.82, 2.24) is 24.0 Å². The molecule has 2 unspecified atom stereocenters. The van der Waals surface area contributed by atoms with Crippen LogP contribution < -0.4 is 5.73 Å². The SMILES string of the molecule is CC(C)(C)OC(=O)N1C2CC[C@@H]1CC(n1cc(-c3cnc(N)c4oc(-c5cccc6cnsc56)cc34)cn1)C2. The Bertz CT molecular complexity index is 1700. The van der Waals surface area contributed by atoms with Gasteiger partial charge in [-0.15, -0.1) is 0 Å². The smallest absolute Gasteiger partial charge is 0.410 e. The van der Waals surface area contributed by atoms with Crippen LogP contribution in [0.15, 0.2) is 53.5 Å². The summed E-state index contributed by atoms with van der Waals surface area (Å²) in [5.41, 5.74) is 9.18. The molecule has 7 rings (SSSR count). The van der Waals surface area contributed by atoms with Gasteiger partial charge in [-0.05, 0) is 70.1 Å². The highest BCUT2D eigenvalue weighted by Gasteiger charge is 2.45. The molecule has 2 N–H and O–H groups in total. The number of anilines is 1. The monoisotopic (exact) mass is 542 g/mol. The van der Waals surface area contributed by atoms with Gasteiger partial charge in [0.2, 0.25) is 0 Å². The van der Waals surface area contributed by atoms with Gasteiger partial charge in [-0.1, -0.05) is 12.1 Å². The minimum atomic E-state index is -0.497. The second-order valence-electron chi connectivity index (χ2n) is 11.6. The summed E-state index contributed by atoms with van der Waals surface area (Å²) in [4.78, 5) is 19.3. The maximum Gasteiger partial charge on any atom is 0.410 e. The van der Waals surface area contributed by atoms with Crippen molar-refractivity contribution in [1.29, 1.82) is 0 Å². The Kier molecular flexibility index (Phi) is 5.45. The fraction of sp³-hybridized carbons (Fsp3) is 0.379. The predicted molar refractivity (Wildman–Crippen MR) is 151 cm³/mol. The maximum atomic E-state index is 12.9. The highest BCUT2D eigenvalue weighted by molar-refractivity contribution is 7.13. The molecule has 2 aliphatic heterocycles. The number of piperidine rings is 1. The Morgan fingerprint density at radius 2 is 1.90 bits per heavy atom. The number of hydrogen-bond acceptors (Lipinski definition) is 8. The van der Waals surface area contributed by atoms with Gasteiger partial charge in [0.15, 0.2) is 11.4 Å². The molecule has 2 fully saturated rings. The normalized spacial score (nSPS) is 21.2. The van der Waals surface area contributed by atoms with Gasteiger partial charge in [0.25, 0.3) is 0 Å². The number of amides is 1. The number of ether oxygens (including phenoxy) is 1. The molecule has 2 aliphatic rings. The van der Waals surface area contributed by atoms with Crippen LogP contribution in [-0.2, 0) is 4.74 Å². The molecule has 39 heavy (non-hydrogen) atoms. The van der Waals surface area contributed by atoms with Crippen molar-refractivity contribution in [3.8, 4) is 22.5 Å². The van der Waals surface area contributed by atoms with Crippen molar-refractivity contribution in [2.24, 2.45) is 0 Å². The number of hydrogen-bond donors (Lipinski definition) is 1. The highest BCUT2D eigenvalue weighted by Crippen LogP contribution is 2.43. The van der Waals surface area contributed by atoms with Crippen molar-refractivity contribution in [3.63, 3.8) is 0 Å². The summed E-state index contributed by atoms with van der Waals surface area (Å²) in [5, 5.41) is 6.74. The molecule has 0 aliphatic carbocycles. The molecule has 0 spiro atoms. The van der Waals surface area contributed by atoms with Gasteiger partial charge in [0.05, 0.1) is 16.9 Å². The summed E-state index contributed by atoms with van der Waals surface area (Å²) in [6.07, 6.45) is 11.1. The van der Waals surface area contributed by atoms with Gasteiger partial charge < -0.3 is 19.8 Å². The first-order chi connectivity index (χ1) is 18.7. The number of aromatic nitrogens is 4. The van der Waals surface area contributed by atoms with Crippen LogP contribution in [0.25, 0.3) is 43.5 Å². The third kappa shape index (κ3) is 4.14. The Morgan fingerprint density at radius 3 is 2.67 bits per heavy atom. The molecule has 2 bridgehead atoms. The zero-order valence-electron chi connectivity index (χ0n) is 22.1. The highest BCUT2D eigenvalue weighted by atomic mass is 32.1. The molecular weight excluding hydrogens is 512 g/mol. The number of nitrogens with zero attached hydrogens (tertiary/aromatic N) is 5.